The van der Waals surface area contributed by atoms with Crippen molar-refractivity contribution >= 4 is 18.1 Å². The molecule has 5 nitrogen and oxygen atoms in total. The van der Waals surface area contributed by atoms with Crippen molar-refractivity contribution in [1.82, 2.24) is 0 Å². The smallest absolute Gasteiger partial charge is 0.305 e. The molecular weight excluding hydrogens is 380 g/mol. The Morgan fingerprint density at radius 3 is 2.33 bits per heavy atom. The van der Waals surface area contributed by atoms with Crippen LogP contribution in [0.1, 0.15) is 63.0 Å². The van der Waals surface area contributed by atoms with Crippen molar-refractivity contribution in [3.05, 3.63) is 59.7 Å². The second kappa shape index (κ2) is 15.6. The van der Waals surface area contributed by atoms with Gasteiger partial charge in [0.05, 0.1) is 25.4 Å². The molecule has 0 heterocycles. The summed E-state index contributed by atoms with van der Waals surface area (Å²) in [5.41, 5.74) is 1.92. The maximum Gasteiger partial charge on any atom is 0.305 e. The van der Waals surface area contributed by atoms with Crippen LogP contribution in [0.2, 0.25) is 0 Å². The number of carbonyl (C=O) groups is 1. The van der Waals surface area contributed by atoms with Gasteiger partial charge in [0.1, 0.15) is 0 Å². The molecule has 0 saturated heterocycles. The zero-order valence-electron chi connectivity index (χ0n) is 18.1. The lowest BCUT2D eigenvalue weighted by Gasteiger charge is -2.13. The largest absolute Gasteiger partial charge is 0.469 e. The predicted octanol–water partition coefficient (Wildman–Crippen LogP) is 4.28. The van der Waals surface area contributed by atoms with E-state index in [4.69, 9.17) is 0 Å². The summed E-state index contributed by atoms with van der Waals surface area (Å²) in [7, 11) is 1.36. The summed E-state index contributed by atoms with van der Waals surface area (Å²) in [5, 5.41) is 30.0. The van der Waals surface area contributed by atoms with Crippen LogP contribution in [0, 0.1) is 0 Å². The van der Waals surface area contributed by atoms with E-state index in [9.17, 15) is 20.1 Å². The van der Waals surface area contributed by atoms with Gasteiger partial charge in [-0.25, -0.2) is 0 Å². The molecule has 0 aliphatic carbocycles. The maximum atomic E-state index is 11.1. The van der Waals surface area contributed by atoms with E-state index in [1.165, 1.54) is 7.11 Å². The Labute approximate surface area is 180 Å². The molecule has 0 aliphatic heterocycles. The Balaban J connectivity index is 2.58. The Morgan fingerprint density at radius 1 is 0.967 bits per heavy atom. The summed E-state index contributed by atoms with van der Waals surface area (Å²) < 4.78 is 4.59. The molecular formula is C25H36O5. The van der Waals surface area contributed by atoms with Gasteiger partial charge in [-0.15, -0.1) is 0 Å². The number of aliphatic hydroxyl groups is 3. The minimum absolute atomic E-state index is 0.270. The molecule has 0 amide bonds. The minimum Gasteiger partial charge on any atom is -0.469 e. The molecule has 1 aromatic carbocycles. The fourth-order valence-corrected chi connectivity index (χ4v) is 2.92. The highest BCUT2D eigenvalue weighted by molar-refractivity contribution is 5.69. The van der Waals surface area contributed by atoms with E-state index in [1.54, 1.807) is 18.2 Å². The summed E-state index contributed by atoms with van der Waals surface area (Å²) in [6, 6.07) is 7.77. The van der Waals surface area contributed by atoms with Crippen LogP contribution in [0.15, 0.2) is 48.6 Å². The van der Waals surface area contributed by atoms with Crippen molar-refractivity contribution in [1.29, 1.82) is 0 Å². The lowest BCUT2D eigenvalue weighted by molar-refractivity contribution is -0.140. The first-order valence-electron chi connectivity index (χ1n) is 10.7. The van der Waals surface area contributed by atoms with Gasteiger partial charge >= 0.3 is 5.97 Å². The number of allylic oxidation sites excluding steroid dienone is 2. The number of rotatable bonds is 14. The van der Waals surface area contributed by atoms with E-state index >= 15 is 0 Å². The highest BCUT2D eigenvalue weighted by atomic mass is 16.5. The number of ether oxygens (including phenoxy) is 1. The van der Waals surface area contributed by atoms with Crippen molar-refractivity contribution in [3.63, 3.8) is 0 Å². The van der Waals surface area contributed by atoms with Crippen LogP contribution in [-0.2, 0) is 9.53 Å². The first-order valence-corrected chi connectivity index (χ1v) is 10.7. The first kappa shape index (κ1) is 25.8. The molecule has 166 valence electrons. The molecule has 1 aromatic rings. The van der Waals surface area contributed by atoms with Gasteiger partial charge in [0.25, 0.3) is 0 Å². The third kappa shape index (κ3) is 11.1. The van der Waals surface area contributed by atoms with Crippen molar-refractivity contribution in [2.24, 2.45) is 0 Å². The SMILES string of the molecule is CCCCC[C@H](O)[C@H](O)C=CC=Cc1ccccc1C=C[C@@H](O)CCCC(=O)OC. The minimum atomic E-state index is -0.873. The molecule has 0 saturated carbocycles. The van der Waals surface area contributed by atoms with Crippen LogP contribution in [0.5, 0.6) is 0 Å². The standard InChI is InChI=1S/C25H36O5/c1-3-4-5-15-23(27)24(28)16-9-8-12-20-11-6-7-13-21(20)18-19-22(26)14-10-17-25(29)30-2/h6-9,11-13,16,18-19,22-24,26-28H,3-5,10,14-15,17H2,1-2H3/t22-,23-,24+/m0/s1. The van der Waals surface area contributed by atoms with Crippen LogP contribution in [0.25, 0.3) is 12.2 Å². The van der Waals surface area contributed by atoms with Crippen LogP contribution in [-0.4, -0.2) is 46.7 Å². The second-order valence-electron chi connectivity index (χ2n) is 7.32. The molecule has 3 N–H and O–H groups in total. The van der Waals surface area contributed by atoms with E-state index in [2.05, 4.69) is 11.7 Å². The molecule has 0 unspecified atom stereocenters. The Kier molecular flexibility index (Phi) is 13.4. The van der Waals surface area contributed by atoms with Crippen LogP contribution >= 0.6 is 0 Å². The number of hydrogen-bond donors (Lipinski definition) is 3. The molecule has 3 atom stereocenters. The van der Waals surface area contributed by atoms with Gasteiger partial charge in [-0.1, -0.05) is 86.9 Å². The van der Waals surface area contributed by atoms with Gasteiger partial charge in [0.15, 0.2) is 0 Å². The topological polar surface area (TPSA) is 87.0 Å². The van der Waals surface area contributed by atoms with Gasteiger partial charge < -0.3 is 20.1 Å². The Morgan fingerprint density at radius 2 is 1.67 bits per heavy atom. The van der Waals surface area contributed by atoms with E-state index < -0.39 is 18.3 Å². The third-order valence-electron chi connectivity index (χ3n) is 4.80. The zero-order valence-corrected chi connectivity index (χ0v) is 18.1. The van der Waals surface area contributed by atoms with Gasteiger partial charge in [-0.2, -0.15) is 0 Å². The second-order valence-corrected chi connectivity index (χ2v) is 7.32. The number of hydrogen-bond acceptors (Lipinski definition) is 5. The number of aliphatic hydroxyl groups excluding tert-OH is 3. The predicted molar refractivity (Wildman–Crippen MR) is 122 cm³/mol. The summed E-state index contributed by atoms with van der Waals surface area (Å²) in [6.07, 6.45) is 13.4. The van der Waals surface area contributed by atoms with Gasteiger partial charge in [0.2, 0.25) is 0 Å². The summed E-state index contributed by atoms with van der Waals surface area (Å²) in [4.78, 5) is 11.1. The highest BCUT2D eigenvalue weighted by Crippen LogP contribution is 2.15. The average Bonchev–Trinajstić information content (AvgIpc) is 2.75. The molecule has 0 spiro atoms. The van der Waals surface area contributed by atoms with Gasteiger partial charge in [-0.3, -0.25) is 4.79 Å². The molecule has 0 aliphatic rings. The van der Waals surface area contributed by atoms with Crippen LogP contribution in [0.3, 0.4) is 0 Å². The number of unbranched alkanes of at least 4 members (excludes halogenated alkanes) is 2. The van der Waals surface area contributed by atoms with Crippen molar-refractivity contribution < 1.29 is 24.9 Å². The van der Waals surface area contributed by atoms with E-state index in [1.807, 2.05) is 42.5 Å². The summed E-state index contributed by atoms with van der Waals surface area (Å²) in [5.74, 6) is -0.270. The average molecular weight is 417 g/mol. The van der Waals surface area contributed by atoms with Crippen molar-refractivity contribution in [3.8, 4) is 0 Å². The van der Waals surface area contributed by atoms with Crippen molar-refractivity contribution in [2.75, 3.05) is 7.11 Å². The normalized spacial score (nSPS) is 15.1. The number of esters is 1. The molecule has 30 heavy (non-hydrogen) atoms. The number of benzene rings is 1. The maximum absolute atomic E-state index is 11.1. The lowest BCUT2D eigenvalue weighted by Crippen LogP contribution is -2.23. The van der Waals surface area contributed by atoms with Gasteiger partial charge in [-0.05, 0) is 30.4 Å². The molecule has 0 aromatic heterocycles. The van der Waals surface area contributed by atoms with E-state index in [0.29, 0.717) is 25.7 Å². The van der Waals surface area contributed by atoms with Gasteiger partial charge in [0, 0.05) is 6.42 Å². The third-order valence-corrected chi connectivity index (χ3v) is 4.80. The highest BCUT2D eigenvalue weighted by Gasteiger charge is 2.11. The summed E-state index contributed by atoms with van der Waals surface area (Å²) in [6.45, 7) is 2.10. The zero-order chi connectivity index (χ0) is 22.2. The first-order chi connectivity index (χ1) is 14.5. The van der Waals surface area contributed by atoms with Crippen LogP contribution in [0.4, 0.5) is 0 Å². The Bertz CT molecular complexity index is 693. The van der Waals surface area contributed by atoms with Crippen molar-refractivity contribution in [2.45, 2.75) is 70.2 Å². The fraction of sp³-hybridized carbons (Fsp3) is 0.480. The molecule has 0 radical (unpaired) electrons. The summed E-state index contributed by atoms with van der Waals surface area (Å²) >= 11 is 0. The lowest BCUT2D eigenvalue weighted by atomic mass is 10.0. The quantitative estimate of drug-likeness (QED) is 0.239. The van der Waals surface area contributed by atoms with Crippen LogP contribution < -0.4 is 0 Å². The Hall–Kier alpha value is -2.21. The molecule has 0 fully saturated rings. The monoisotopic (exact) mass is 416 g/mol. The van der Waals surface area contributed by atoms with E-state index in [-0.39, 0.29) is 5.97 Å². The fourth-order valence-electron chi connectivity index (χ4n) is 2.92. The molecule has 5 heteroatoms. The number of carbonyl (C=O) groups excluding carboxylic acids is 1. The van der Waals surface area contributed by atoms with E-state index in [0.717, 1.165) is 30.4 Å². The molecule has 1 rings (SSSR count). The molecule has 0 bridgehead atoms. The number of methoxy groups -OCH3 is 1.